The Morgan fingerprint density at radius 2 is 1.89 bits per heavy atom. The van der Waals surface area contributed by atoms with E-state index in [-0.39, 0.29) is 5.82 Å². The summed E-state index contributed by atoms with van der Waals surface area (Å²) in [6, 6.07) is 15.5. The van der Waals surface area contributed by atoms with Gasteiger partial charge in [-0.25, -0.2) is 4.39 Å². The van der Waals surface area contributed by atoms with Gasteiger partial charge in [-0.05, 0) is 36.8 Å². The Bertz CT molecular complexity index is 570. The molecule has 0 fully saturated rings. The number of nitrogens with zero attached hydrogens (tertiary/aromatic N) is 1. The molecule has 2 aromatic rings. The highest BCUT2D eigenvalue weighted by atomic mass is 19.1. The number of hydrogen-bond acceptors (Lipinski definition) is 2. The van der Waals surface area contributed by atoms with Crippen molar-refractivity contribution in [3.8, 4) is 6.07 Å². The summed E-state index contributed by atoms with van der Waals surface area (Å²) in [6.07, 6.45) is 0. The summed E-state index contributed by atoms with van der Waals surface area (Å²) < 4.78 is 12.8. The van der Waals surface area contributed by atoms with Crippen LogP contribution in [0, 0.1) is 24.1 Å². The predicted octanol–water partition coefficient (Wildman–Crippen LogP) is 3.81. The summed E-state index contributed by atoms with van der Waals surface area (Å²) in [5.41, 5.74) is 2.74. The Morgan fingerprint density at radius 1 is 1.17 bits per heavy atom. The molecule has 2 aromatic carbocycles. The van der Waals surface area contributed by atoms with Gasteiger partial charge < -0.3 is 5.32 Å². The van der Waals surface area contributed by atoms with Crippen molar-refractivity contribution in [3.63, 3.8) is 0 Å². The van der Waals surface area contributed by atoms with Crippen molar-refractivity contribution in [1.82, 2.24) is 0 Å². The highest BCUT2D eigenvalue weighted by molar-refractivity contribution is 5.47. The molecular formula is C15H13FN2. The van der Waals surface area contributed by atoms with Crippen molar-refractivity contribution in [2.24, 2.45) is 0 Å². The van der Waals surface area contributed by atoms with E-state index in [0.717, 1.165) is 16.8 Å². The average molecular weight is 240 g/mol. The van der Waals surface area contributed by atoms with Crippen LogP contribution in [0.15, 0.2) is 48.5 Å². The third-order valence-electron chi connectivity index (χ3n) is 2.66. The van der Waals surface area contributed by atoms with Crippen molar-refractivity contribution < 1.29 is 4.39 Å². The van der Waals surface area contributed by atoms with E-state index in [9.17, 15) is 9.65 Å². The SMILES string of the molecule is Cc1cccc(C(C#N)Nc2ccc(F)cc2)c1. The summed E-state index contributed by atoms with van der Waals surface area (Å²) in [5.74, 6) is -0.287. The summed E-state index contributed by atoms with van der Waals surface area (Å²) >= 11 is 0. The lowest BCUT2D eigenvalue weighted by atomic mass is 10.1. The lowest BCUT2D eigenvalue weighted by Gasteiger charge is -2.13. The molecule has 0 bridgehead atoms. The molecule has 0 saturated heterocycles. The zero-order valence-corrected chi connectivity index (χ0v) is 10.0. The van der Waals surface area contributed by atoms with Crippen LogP contribution in [0.2, 0.25) is 0 Å². The van der Waals surface area contributed by atoms with E-state index >= 15 is 0 Å². The van der Waals surface area contributed by atoms with Gasteiger partial charge in [0.05, 0.1) is 6.07 Å². The molecule has 0 spiro atoms. The Labute approximate surface area is 106 Å². The molecule has 18 heavy (non-hydrogen) atoms. The molecule has 3 heteroatoms. The predicted molar refractivity (Wildman–Crippen MR) is 69.6 cm³/mol. The van der Waals surface area contributed by atoms with Crippen molar-refractivity contribution in [2.75, 3.05) is 5.32 Å². The van der Waals surface area contributed by atoms with Gasteiger partial charge in [0.1, 0.15) is 11.9 Å². The lowest BCUT2D eigenvalue weighted by molar-refractivity contribution is 0.628. The van der Waals surface area contributed by atoms with Gasteiger partial charge in [-0.3, -0.25) is 0 Å². The summed E-state index contributed by atoms with van der Waals surface area (Å²) in [7, 11) is 0. The van der Waals surface area contributed by atoms with Crippen LogP contribution < -0.4 is 5.32 Å². The van der Waals surface area contributed by atoms with Crippen molar-refractivity contribution >= 4 is 5.69 Å². The van der Waals surface area contributed by atoms with Gasteiger partial charge in [0, 0.05) is 5.69 Å². The van der Waals surface area contributed by atoms with Crippen molar-refractivity contribution in [2.45, 2.75) is 13.0 Å². The van der Waals surface area contributed by atoms with Crippen molar-refractivity contribution in [3.05, 3.63) is 65.5 Å². The van der Waals surface area contributed by atoms with Gasteiger partial charge in [0.15, 0.2) is 0 Å². The van der Waals surface area contributed by atoms with E-state index in [1.807, 2.05) is 31.2 Å². The molecule has 2 rings (SSSR count). The fourth-order valence-corrected chi connectivity index (χ4v) is 1.75. The first-order valence-corrected chi connectivity index (χ1v) is 5.67. The van der Waals surface area contributed by atoms with Gasteiger partial charge >= 0.3 is 0 Å². The van der Waals surface area contributed by atoms with E-state index in [1.54, 1.807) is 12.1 Å². The maximum atomic E-state index is 12.8. The van der Waals surface area contributed by atoms with Gasteiger partial charge in [-0.15, -0.1) is 0 Å². The molecule has 0 amide bonds. The molecule has 1 atom stereocenters. The number of anilines is 1. The van der Waals surface area contributed by atoms with Gasteiger partial charge in [-0.1, -0.05) is 29.8 Å². The second kappa shape index (κ2) is 5.33. The third-order valence-corrected chi connectivity index (χ3v) is 2.66. The van der Waals surface area contributed by atoms with Crippen LogP contribution in [0.25, 0.3) is 0 Å². The van der Waals surface area contributed by atoms with E-state index in [1.165, 1.54) is 12.1 Å². The van der Waals surface area contributed by atoms with E-state index in [2.05, 4.69) is 11.4 Å². The molecular weight excluding hydrogens is 227 g/mol. The molecule has 90 valence electrons. The normalized spacial score (nSPS) is 11.6. The molecule has 0 aromatic heterocycles. The van der Waals surface area contributed by atoms with Crippen LogP contribution in [0.1, 0.15) is 17.2 Å². The zero-order valence-electron chi connectivity index (χ0n) is 10.0. The van der Waals surface area contributed by atoms with E-state index in [0.29, 0.717) is 0 Å². The minimum atomic E-state index is -0.435. The maximum absolute atomic E-state index is 12.8. The number of nitrogens with one attached hydrogen (secondary N) is 1. The molecule has 0 saturated carbocycles. The summed E-state index contributed by atoms with van der Waals surface area (Å²) in [4.78, 5) is 0. The van der Waals surface area contributed by atoms with E-state index < -0.39 is 6.04 Å². The standard InChI is InChI=1S/C15H13FN2/c1-11-3-2-4-12(9-11)15(10-17)18-14-7-5-13(16)6-8-14/h2-9,15,18H,1H3. The zero-order chi connectivity index (χ0) is 13.0. The number of halogens is 1. The molecule has 1 N–H and O–H groups in total. The summed E-state index contributed by atoms with van der Waals surface area (Å²) in [5, 5.41) is 12.3. The van der Waals surface area contributed by atoms with Crippen LogP contribution in [-0.4, -0.2) is 0 Å². The van der Waals surface area contributed by atoms with Gasteiger partial charge in [-0.2, -0.15) is 5.26 Å². The number of benzene rings is 2. The molecule has 0 aliphatic carbocycles. The van der Waals surface area contributed by atoms with Crippen LogP contribution >= 0.6 is 0 Å². The second-order valence-corrected chi connectivity index (χ2v) is 4.13. The molecule has 0 aliphatic rings. The Morgan fingerprint density at radius 3 is 2.50 bits per heavy atom. The number of rotatable bonds is 3. The molecule has 0 heterocycles. The van der Waals surface area contributed by atoms with Gasteiger partial charge in [0.2, 0.25) is 0 Å². The smallest absolute Gasteiger partial charge is 0.140 e. The molecule has 0 radical (unpaired) electrons. The summed E-state index contributed by atoms with van der Waals surface area (Å²) in [6.45, 7) is 1.98. The number of nitriles is 1. The topological polar surface area (TPSA) is 35.8 Å². The number of aryl methyl sites for hydroxylation is 1. The average Bonchev–Trinajstić information content (AvgIpc) is 2.38. The first-order chi connectivity index (χ1) is 8.69. The Hall–Kier alpha value is -2.34. The largest absolute Gasteiger partial charge is 0.366 e. The highest BCUT2D eigenvalue weighted by Crippen LogP contribution is 2.20. The Balaban J connectivity index is 2.20. The number of hydrogen-bond donors (Lipinski definition) is 1. The van der Waals surface area contributed by atoms with Crippen LogP contribution in [0.3, 0.4) is 0 Å². The van der Waals surface area contributed by atoms with Crippen LogP contribution in [0.5, 0.6) is 0 Å². The van der Waals surface area contributed by atoms with Crippen molar-refractivity contribution in [1.29, 1.82) is 5.26 Å². The van der Waals surface area contributed by atoms with Gasteiger partial charge in [0.25, 0.3) is 0 Å². The lowest BCUT2D eigenvalue weighted by Crippen LogP contribution is -2.08. The maximum Gasteiger partial charge on any atom is 0.140 e. The van der Waals surface area contributed by atoms with Crippen LogP contribution in [-0.2, 0) is 0 Å². The minimum Gasteiger partial charge on any atom is -0.366 e. The molecule has 1 unspecified atom stereocenters. The minimum absolute atomic E-state index is 0.287. The first-order valence-electron chi connectivity index (χ1n) is 5.67. The fraction of sp³-hybridized carbons (Fsp3) is 0.133. The fourth-order valence-electron chi connectivity index (χ4n) is 1.75. The molecule has 0 aliphatic heterocycles. The first kappa shape index (κ1) is 12.1. The Kier molecular flexibility index (Phi) is 3.59. The monoisotopic (exact) mass is 240 g/mol. The third kappa shape index (κ3) is 2.86. The second-order valence-electron chi connectivity index (χ2n) is 4.13. The van der Waals surface area contributed by atoms with Crippen LogP contribution in [0.4, 0.5) is 10.1 Å². The van der Waals surface area contributed by atoms with E-state index in [4.69, 9.17) is 0 Å². The molecule has 2 nitrogen and oxygen atoms in total. The highest BCUT2D eigenvalue weighted by Gasteiger charge is 2.10. The quantitative estimate of drug-likeness (QED) is 0.885.